The van der Waals surface area contributed by atoms with Crippen molar-refractivity contribution in [1.29, 1.82) is 0 Å². The van der Waals surface area contributed by atoms with Crippen molar-refractivity contribution in [3.63, 3.8) is 0 Å². The molecule has 0 radical (unpaired) electrons. The summed E-state index contributed by atoms with van der Waals surface area (Å²) >= 11 is 11.8. The molecule has 1 N–H and O–H groups in total. The topological polar surface area (TPSA) is 54.4 Å². The molecule has 0 aliphatic rings. The Morgan fingerprint density at radius 1 is 1.19 bits per heavy atom. The number of carbonyl (C=O) groups is 1. The Bertz CT molecular complexity index is 734. The Morgan fingerprint density at radius 2 is 1.90 bits per heavy atom. The van der Waals surface area contributed by atoms with Crippen LogP contribution in [0.4, 0.5) is 4.39 Å². The van der Waals surface area contributed by atoms with Crippen molar-refractivity contribution in [1.82, 2.24) is 0 Å². The van der Waals surface area contributed by atoms with Gasteiger partial charge in [-0.05, 0) is 42.0 Å². The molecule has 0 amide bonds. The van der Waals surface area contributed by atoms with Gasteiger partial charge in [-0.15, -0.1) is 0 Å². The molecule has 0 aliphatic heterocycles. The summed E-state index contributed by atoms with van der Waals surface area (Å²) < 4.78 is 26.0. The lowest BCUT2D eigenvalue weighted by Crippen LogP contribution is -2.04. The van der Waals surface area contributed by atoms with E-state index >= 15 is 0 Å². The summed E-state index contributed by atoms with van der Waals surface area (Å²) in [6.45, 7) is 0. The molecule has 2 aromatic rings. The largest absolute Gasteiger partial charge is 0.478 e. The van der Waals surface area contributed by atoms with E-state index in [0.29, 0.717) is 15.6 Å². The third kappa shape index (κ3) is 3.81. The summed E-state index contributed by atoms with van der Waals surface area (Å²) in [6, 6.07) is 7.84. The van der Waals surface area contributed by atoms with Crippen LogP contribution in [0, 0.1) is 5.82 Å². The molecule has 2 aromatic carbocycles. The fourth-order valence-corrected chi connectivity index (χ4v) is 3.36. The van der Waals surface area contributed by atoms with Crippen molar-refractivity contribution < 1.29 is 18.5 Å². The Kier molecular flexibility index (Phi) is 4.98. The van der Waals surface area contributed by atoms with Gasteiger partial charge in [0, 0.05) is 10.0 Å². The lowest BCUT2D eigenvalue weighted by Gasteiger charge is -2.07. The predicted molar refractivity (Wildman–Crippen MR) is 79.9 cm³/mol. The van der Waals surface area contributed by atoms with Crippen molar-refractivity contribution in [2.24, 2.45) is 0 Å². The molecule has 0 spiro atoms. The lowest BCUT2D eigenvalue weighted by atomic mass is 10.2. The summed E-state index contributed by atoms with van der Waals surface area (Å²) in [7, 11) is -1.77. The molecule has 0 fully saturated rings. The fraction of sp³-hybridized carbons (Fsp3) is 0.0714. The van der Waals surface area contributed by atoms with Crippen LogP contribution in [0.25, 0.3) is 0 Å². The number of hydrogen-bond acceptors (Lipinski definition) is 2. The van der Waals surface area contributed by atoms with Gasteiger partial charge in [-0.3, -0.25) is 4.21 Å². The highest BCUT2D eigenvalue weighted by atomic mass is 35.5. The third-order valence-corrected chi connectivity index (χ3v) is 4.70. The fourth-order valence-electron chi connectivity index (χ4n) is 1.68. The summed E-state index contributed by atoms with van der Waals surface area (Å²) in [6.07, 6.45) is 0. The van der Waals surface area contributed by atoms with Crippen molar-refractivity contribution >= 4 is 40.0 Å². The smallest absolute Gasteiger partial charge is 0.335 e. The average molecular weight is 347 g/mol. The molecule has 7 heteroatoms. The molecule has 0 saturated carbocycles. The van der Waals surface area contributed by atoms with Crippen LogP contribution in [0.3, 0.4) is 0 Å². The molecule has 3 nitrogen and oxygen atoms in total. The highest BCUT2D eigenvalue weighted by molar-refractivity contribution is 7.84. The standard InChI is InChI=1S/C14H9Cl2FO3S/c15-10-2-3-11(16)9(5-10)7-21(20)13-6-8(14(18)19)1-4-12(13)17/h1-6H,7H2,(H,18,19). The molecule has 110 valence electrons. The van der Waals surface area contributed by atoms with Crippen molar-refractivity contribution in [3.8, 4) is 0 Å². The van der Waals surface area contributed by atoms with Gasteiger partial charge in [0.05, 0.1) is 27.0 Å². The van der Waals surface area contributed by atoms with E-state index in [1.807, 2.05) is 0 Å². The van der Waals surface area contributed by atoms with Gasteiger partial charge in [-0.1, -0.05) is 23.2 Å². The summed E-state index contributed by atoms with van der Waals surface area (Å²) in [4.78, 5) is 10.7. The molecule has 0 aliphatic carbocycles. The van der Waals surface area contributed by atoms with Crippen LogP contribution < -0.4 is 0 Å². The maximum atomic E-state index is 13.7. The van der Waals surface area contributed by atoms with Crippen LogP contribution in [0.2, 0.25) is 10.0 Å². The average Bonchev–Trinajstić information content (AvgIpc) is 2.43. The predicted octanol–water partition coefficient (Wildman–Crippen LogP) is 4.14. The van der Waals surface area contributed by atoms with E-state index in [9.17, 15) is 13.4 Å². The first-order chi connectivity index (χ1) is 9.88. The molecular weight excluding hydrogens is 338 g/mol. The SMILES string of the molecule is O=C(O)c1ccc(F)c(S(=O)Cc2cc(Cl)ccc2Cl)c1. The summed E-state index contributed by atoms with van der Waals surface area (Å²) in [5.41, 5.74) is 0.375. The molecule has 0 bridgehead atoms. The third-order valence-electron chi connectivity index (χ3n) is 2.72. The number of halogens is 3. The van der Waals surface area contributed by atoms with Gasteiger partial charge < -0.3 is 5.11 Å². The zero-order chi connectivity index (χ0) is 15.6. The normalized spacial score (nSPS) is 12.1. The van der Waals surface area contributed by atoms with Crippen LogP contribution in [-0.4, -0.2) is 15.3 Å². The van der Waals surface area contributed by atoms with Crippen molar-refractivity contribution in [2.45, 2.75) is 10.6 Å². The number of aromatic carboxylic acids is 1. The molecule has 1 unspecified atom stereocenters. The first-order valence-corrected chi connectivity index (χ1v) is 7.81. The second kappa shape index (κ2) is 6.56. The van der Waals surface area contributed by atoms with Gasteiger partial charge in [0.25, 0.3) is 0 Å². The zero-order valence-corrected chi connectivity index (χ0v) is 12.8. The highest BCUT2D eigenvalue weighted by Gasteiger charge is 2.15. The maximum Gasteiger partial charge on any atom is 0.335 e. The van der Waals surface area contributed by atoms with E-state index in [2.05, 4.69) is 0 Å². The maximum absolute atomic E-state index is 13.7. The number of hydrogen-bond donors (Lipinski definition) is 1. The van der Waals surface area contributed by atoms with Gasteiger partial charge in [0.15, 0.2) is 0 Å². The van der Waals surface area contributed by atoms with Gasteiger partial charge >= 0.3 is 5.97 Å². The monoisotopic (exact) mass is 346 g/mol. The van der Waals surface area contributed by atoms with Crippen molar-refractivity contribution in [2.75, 3.05) is 0 Å². The van der Waals surface area contributed by atoms with Gasteiger partial charge in [0.2, 0.25) is 0 Å². The molecule has 1 atom stereocenters. The van der Waals surface area contributed by atoms with E-state index in [-0.39, 0.29) is 16.2 Å². The minimum atomic E-state index is -1.77. The Labute approximate surface area is 132 Å². The van der Waals surface area contributed by atoms with Crippen molar-refractivity contribution in [3.05, 3.63) is 63.4 Å². The van der Waals surface area contributed by atoms with E-state index < -0.39 is 22.6 Å². The minimum Gasteiger partial charge on any atom is -0.478 e. The first kappa shape index (κ1) is 15.9. The number of carboxylic acid groups (broad SMARTS) is 1. The molecule has 0 heterocycles. The number of benzene rings is 2. The van der Waals surface area contributed by atoms with Crippen LogP contribution >= 0.6 is 23.2 Å². The van der Waals surface area contributed by atoms with Crippen LogP contribution in [0.5, 0.6) is 0 Å². The summed E-state index contributed by atoms with van der Waals surface area (Å²) in [5, 5.41) is 9.68. The first-order valence-electron chi connectivity index (χ1n) is 5.73. The minimum absolute atomic E-state index is 0.0562. The zero-order valence-electron chi connectivity index (χ0n) is 10.5. The summed E-state index contributed by atoms with van der Waals surface area (Å²) in [5.74, 6) is -2.00. The Hall–Kier alpha value is -1.43. The molecule has 0 aromatic heterocycles. The van der Waals surface area contributed by atoms with Crippen LogP contribution in [0.15, 0.2) is 41.3 Å². The molecule has 0 saturated heterocycles. The Balaban J connectivity index is 2.34. The lowest BCUT2D eigenvalue weighted by molar-refractivity contribution is 0.0696. The van der Waals surface area contributed by atoms with Gasteiger partial charge in [-0.2, -0.15) is 0 Å². The van der Waals surface area contributed by atoms with Gasteiger partial charge in [-0.25, -0.2) is 9.18 Å². The van der Waals surface area contributed by atoms with E-state index in [4.69, 9.17) is 28.3 Å². The highest BCUT2D eigenvalue weighted by Crippen LogP contribution is 2.25. The van der Waals surface area contributed by atoms with E-state index in [1.54, 1.807) is 18.2 Å². The van der Waals surface area contributed by atoms with Crippen LogP contribution in [-0.2, 0) is 16.6 Å². The molecular formula is C14H9Cl2FO3S. The van der Waals surface area contributed by atoms with Gasteiger partial charge in [0.1, 0.15) is 5.82 Å². The van der Waals surface area contributed by atoms with Crippen LogP contribution in [0.1, 0.15) is 15.9 Å². The second-order valence-corrected chi connectivity index (χ2v) is 6.44. The number of carboxylic acids is 1. The molecule has 2 rings (SSSR count). The molecule has 21 heavy (non-hydrogen) atoms. The van der Waals surface area contributed by atoms with E-state index in [1.165, 1.54) is 0 Å². The second-order valence-electron chi connectivity index (χ2n) is 4.18. The van der Waals surface area contributed by atoms with E-state index in [0.717, 1.165) is 18.2 Å². The number of rotatable bonds is 4. The quantitative estimate of drug-likeness (QED) is 0.904. The Morgan fingerprint density at radius 3 is 2.57 bits per heavy atom.